The molecule has 6 bridgehead atoms. The highest BCUT2D eigenvalue weighted by Crippen LogP contribution is 2.42. The first-order valence-electron chi connectivity index (χ1n) is 23.1. The SMILES string of the molecule is CCn1c(-c2cccnc2C(C)C)c2c3cc(ccc31)-c1cc(O)cc(c1)C[C@H](NC(=O)[C@H](C(C)C)N(C)C(=O)[C@@H]1CN[C@H]3CCO[C@H]31)C(=O)N1CCC[C@H](N1)C(=O)OCC(C)(C)C2. The number of nitrogens with zero attached hydrogens (tertiary/aromatic N) is 4. The third-order valence-electron chi connectivity index (χ3n) is 13.6. The van der Waals surface area contributed by atoms with E-state index in [2.05, 4.69) is 79.5 Å². The highest BCUT2D eigenvalue weighted by atomic mass is 16.5. The van der Waals surface area contributed by atoms with Gasteiger partial charge in [-0.15, -0.1) is 0 Å². The Hall–Kier alpha value is -5.31. The van der Waals surface area contributed by atoms with Gasteiger partial charge in [-0.3, -0.25) is 29.2 Å². The van der Waals surface area contributed by atoms with Crippen molar-refractivity contribution in [3.05, 3.63) is 71.5 Å². The van der Waals surface area contributed by atoms with Crippen LogP contribution in [0, 0.1) is 17.3 Å². The Morgan fingerprint density at radius 1 is 1.06 bits per heavy atom. The minimum atomic E-state index is -1.12. The second-order valence-corrected chi connectivity index (χ2v) is 19.7. The molecule has 0 saturated carbocycles. The molecule has 2 aromatic heterocycles. The van der Waals surface area contributed by atoms with Gasteiger partial charge in [-0.05, 0) is 103 Å². The number of aromatic hydroxyl groups is 1. The minimum Gasteiger partial charge on any atom is -0.508 e. The van der Waals surface area contributed by atoms with Crippen LogP contribution in [0.15, 0.2) is 54.7 Å². The molecule has 0 radical (unpaired) electrons. The van der Waals surface area contributed by atoms with Crippen molar-refractivity contribution in [3.63, 3.8) is 0 Å². The number of ether oxygens (including phenoxy) is 2. The lowest BCUT2D eigenvalue weighted by molar-refractivity contribution is -0.155. The Morgan fingerprint density at radius 2 is 1.86 bits per heavy atom. The van der Waals surface area contributed by atoms with E-state index in [4.69, 9.17) is 14.5 Å². The summed E-state index contributed by atoms with van der Waals surface area (Å²) in [6, 6.07) is 13.1. The molecule has 14 heteroatoms. The summed E-state index contributed by atoms with van der Waals surface area (Å²) in [6.07, 6.45) is 4.06. The van der Waals surface area contributed by atoms with E-state index in [-0.39, 0.29) is 48.7 Å². The van der Waals surface area contributed by atoms with Crippen LogP contribution in [-0.2, 0) is 48.0 Å². The Bertz CT molecular complexity index is 2430. The van der Waals surface area contributed by atoms with Gasteiger partial charge in [-0.2, -0.15) is 0 Å². The number of amides is 3. The molecule has 3 saturated heterocycles. The second-order valence-electron chi connectivity index (χ2n) is 19.7. The lowest BCUT2D eigenvalue weighted by atomic mass is 9.83. The van der Waals surface area contributed by atoms with Crippen molar-refractivity contribution in [1.82, 2.24) is 35.5 Å². The van der Waals surface area contributed by atoms with Gasteiger partial charge in [0.1, 0.15) is 23.9 Å². The maximum absolute atomic E-state index is 14.7. The third kappa shape index (κ3) is 8.88. The quantitative estimate of drug-likeness (QED) is 0.161. The van der Waals surface area contributed by atoms with Crippen LogP contribution in [0.5, 0.6) is 5.75 Å². The zero-order chi connectivity index (χ0) is 45.6. The van der Waals surface area contributed by atoms with E-state index >= 15 is 0 Å². The molecule has 2 aromatic carbocycles. The standard InChI is InChI=1S/C50H65N7O7/c1-9-56-41-15-14-31-24-35(41)36(44(56)34-12-10-17-51-42(34)28(2)3)25-50(6,7)27-64-49(62)39-13-11-18-57(54-39)48(61)40(22-30-20-32(31)23-33(58)21-30)53-46(59)43(29(4)5)55(8)47(60)37-26-52-38-16-19-63-45(37)38/h10,12,14-15,17,20-21,23-24,28-29,37-40,43,45,52,54,58H,9,11,13,16,18-19,22,25-27H2,1-8H3,(H,53,59)/t37-,38+,39+,40+,43+,45+/m1/s1. The van der Waals surface area contributed by atoms with Gasteiger partial charge in [0, 0.05) is 73.8 Å². The van der Waals surface area contributed by atoms with Gasteiger partial charge in [0.25, 0.3) is 5.91 Å². The van der Waals surface area contributed by atoms with Crippen LogP contribution in [0.2, 0.25) is 0 Å². The number of phenolic OH excluding ortho intramolecular Hbond substituents is 1. The third-order valence-corrected chi connectivity index (χ3v) is 13.6. The molecule has 6 atom stereocenters. The summed E-state index contributed by atoms with van der Waals surface area (Å²) in [5.74, 6) is -2.07. The van der Waals surface area contributed by atoms with E-state index in [1.165, 1.54) is 9.91 Å². The fourth-order valence-electron chi connectivity index (χ4n) is 10.5. The highest BCUT2D eigenvalue weighted by Gasteiger charge is 2.47. The second kappa shape index (κ2) is 18.3. The molecule has 4 aliphatic rings. The number of likely N-dealkylation sites (N-methyl/N-ethyl adjacent to an activating group) is 1. The van der Waals surface area contributed by atoms with Crippen LogP contribution in [0.3, 0.4) is 0 Å². The van der Waals surface area contributed by atoms with E-state index in [0.29, 0.717) is 51.1 Å². The molecular weight excluding hydrogens is 811 g/mol. The van der Waals surface area contributed by atoms with Crippen molar-refractivity contribution in [1.29, 1.82) is 0 Å². The molecule has 4 aliphatic heterocycles. The van der Waals surface area contributed by atoms with Crippen LogP contribution in [0.1, 0.15) is 90.5 Å². The number of carbonyl (C=O) groups excluding carboxylic acids is 4. The first-order valence-corrected chi connectivity index (χ1v) is 23.1. The van der Waals surface area contributed by atoms with Crippen molar-refractivity contribution in [2.75, 3.05) is 33.4 Å². The average molecular weight is 876 g/mol. The number of fused-ring (bicyclic) bond motifs is 7. The number of nitrogens with one attached hydrogen (secondary N) is 3. The van der Waals surface area contributed by atoms with Gasteiger partial charge < -0.3 is 34.7 Å². The van der Waals surface area contributed by atoms with Gasteiger partial charge in [0.2, 0.25) is 11.8 Å². The topological polar surface area (TPSA) is 167 Å². The fraction of sp³-hybridized carbons (Fsp3) is 0.540. The molecular formula is C50H65N7O7. The Morgan fingerprint density at radius 3 is 2.61 bits per heavy atom. The number of carbonyl (C=O) groups is 4. The minimum absolute atomic E-state index is 0.0199. The lowest BCUT2D eigenvalue weighted by Crippen LogP contribution is -2.62. The highest BCUT2D eigenvalue weighted by molar-refractivity contribution is 5.96. The number of hydrazine groups is 1. The molecule has 342 valence electrons. The number of aromatic nitrogens is 2. The smallest absolute Gasteiger partial charge is 0.324 e. The van der Waals surface area contributed by atoms with Gasteiger partial charge >= 0.3 is 5.97 Å². The zero-order valence-corrected chi connectivity index (χ0v) is 38.6. The van der Waals surface area contributed by atoms with Gasteiger partial charge in [0.15, 0.2) is 0 Å². The predicted molar refractivity (Wildman–Crippen MR) is 245 cm³/mol. The summed E-state index contributed by atoms with van der Waals surface area (Å²) in [6.45, 7) is 16.6. The summed E-state index contributed by atoms with van der Waals surface area (Å²) in [4.78, 5) is 63.5. The Balaban J connectivity index is 1.20. The van der Waals surface area contributed by atoms with Crippen molar-refractivity contribution in [3.8, 4) is 28.1 Å². The molecule has 4 N–H and O–H groups in total. The molecule has 3 amide bonds. The first kappa shape index (κ1) is 45.3. The van der Waals surface area contributed by atoms with Gasteiger partial charge in [-0.25, -0.2) is 5.43 Å². The average Bonchev–Trinajstić information content (AvgIpc) is 3.98. The van der Waals surface area contributed by atoms with Gasteiger partial charge in [0.05, 0.1) is 30.0 Å². The zero-order valence-electron chi connectivity index (χ0n) is 38.6. The fourth-order valence-corrected chi connectivity index (χ4v) is 10.5. The number of rotatable bonds is 8. The predicted octanol–water partition coefficient (Wildman–Crippen LogP) is 5.73. The number of pyridine rings is 1. The van der Waals surface area contributed by atoms with E-state index in [1.54, 1.807) is 19.2 Å². The first-order chi connectivity index (χ1) is 30.5. The largest absolute Gasteiger partial charge is 0.508 e. The molecule has 64 heavy (non-hydrogen) atoms. The van der Waals surface area contributed by atoms with E-state index in [9.17, 15) is 24.3 Å². The van der Waals surface area contributed by atoms with Crippen molar-refractivity contribution in [2.45, 2.75) is 123 Å². The maximum atomic E-state index is 14.7. The number of aryl methyl sites for hydroxylation is 1. The van der Waals surface area contributed by atoms with Crippen LogP contribution in [-0.4, -0.2) is 112 Å². The molecule has 0 spiro atoms. The number of phenols is 1. The van der Waals surface area contributed by atoms with Crippen LogP contribution in [0.25, 0.3) is 33.3 Å². The van der Waals surface area contributed by atoms with E-state index < -0.39 is 47.2 Å². The van der Waals surface area contributed by atoms with Gasteiger partial charge in [-0.1, -0.05) is 53.7 Å². The molecule has 8 rings (SSSR count). The van der Waals surface area contributed by atoms with Crippen LogP contribution < -0.4 is 16.1 Å². The normalized spacial score (nSPS) is 24.1. The Labute approximate surface area is 376 Å². The summed E-state index contributed by atoms with van der Waals surface area (Å²) in [5, 5.41) is 20.2. The number of cyclic esters (lactones) is 1. The van der Waals surface area contributed by atoms with Crippen LogP contribution >= 0.6 is 0 Å². The molecule has 3 fully saturated rings. The summed E-state index contributed by atoms with van der Waals surface area (Å²) in [7, 11) is 1.64. The number of hydrogen-bond donors (Lipinski definition) is 4. The number of esters is 1. The van der Waals surface area contributed by atoms with E-state index in [1.807, 2.05) is 32.2 Å². The molecule has 6 heterocycles. The molecule has 14 nitrogen and oxygen atoms in total. The monoisotopic (exact) mass is 875 g/mol. The molecule has 0 unspecified atom stereocenters. The number of benzene rings is 2. The van der Waals surface area contributed by atoms with Crippen LogP contribution in [0.4, 0.5) is 0 Å². The number of hydrogen-bond acceptors (Lipinski definition) is 10. The summed E-state index contributed by atoms with van der Waals surface area (Å²) < 4.78 is 14.4. The Kier molecular flexibility index (Phi) is 12.9. The maximum Gasteiger partial charge on any atom is 0.324 e. The summed E-state index contributed by atoms with van der Waals surface area (Å²) >= 11 is 0. The molecule has 0 aliphatic carbocycles. The van der Waals surface area contributed by atoms with E-state index in [0.717, 1.165) is 51.0 Å². The van der Waals surface area contributed by atoms with Crippen molar-refractivity contribution in [2.24, 2.45) is 17.3 Å². The van der Waals surface area contributed by atoms with Crippen molar-refractivity contribution < 1.29 is 33.8 Å². The lowest BCUT2D eigenvalue weighted by Gasteiger charge is -2.37. The molecule has 4 aromatic rings. The van der Waals surface area contributed by atoms with Crippen molar-refractivity contribution >= 4 is 34.6 Å². The summed E-state index contributed by atoms with van der Waals surface area (Å²) in [5.41, 5.74) is 10.2.